The van der Waals surface area contributed by atoms with Gasteiger partial charge in [-0.2, -0.15) is 0 Å². The number of hydrogen-bond acceptors (Lipinski definition) is 15. The summed E-state index contributed by atoms with van der Waals surface area (Å²) in [6.07, 6.45) is 4.05. The fourth-order valence-electron chi connectivity index (χ4n) is 7.16. The van der Waals surface area contributed by atoms with Crippen molar-refractivity contribution in [2.24, 2.45) is 17.6 Å². The van der Waals surface area contributed by atoms with Crippen LogP contribution < -0.4 is 21.7 Å². The Morgan fingerprint density at radius 3 is 1.83 bits per heavy atom. The molecular formula is C48H90IN7O14. The standard InChI is InChI=1S/C44H78IN7O14.2C2H6/c1-31(2)27-35(43(59)47-30-40(56)52(32(3)4)37(13-12-34(6)53)44(60)48-29-39(55)50-15-10-11-36(50)42(46)58)49-38(54)14-19-64-23-26-66-25-22-63-18-9-7-8-17-62-21-24-65-20-16-51(61)45-28-33(5)41(45)57;2*1-2/h31-33,35-37,61H,7-30H2,1-6H3,(H2,46,58)(H,47,59)(H,48,60)(H,49,54);2*1-2H3. The van der Waals surface area contributed by atoms with Crippen LogP contribution in [0.25, 0.3) is 0 Å². The molecule has 0 aromatic rings. The molecule has 0 saturated carbocycles. The molecule has 0 aliphatic carbocycles. The minimum Gasteiger partial charge on any atom is -0.0448 e. The van der Waals surface area contributed by atoms with Crippen LogP contribution in [0, 0.1) is 11.8 Å². The molecule has 2 heterocycles. The van der Waals surface area contributed by atoms with Crippen molar-refractivity contribution in [1.82, 2.24) is 29.0 Å². The van der Waals surface area contributed by atoms with Crippen molar-refractivity contribution in [3.8, 4) is 0 Å². The van der Waals surface area contributed by atoms with E-state index in [1.54, 1.807) is 13.8 Å². The predicted molar refractivity (Wildman–Crippen MR) is 274 cm³/mol. The van der Waals surface area contributed by atoms with Crippen molar-refractivity contribution in [3.05, 3.63) is 0 Å². The van der Waals surface area contributed by atoms with Crippen LogP contribution in [0.3, 0.4) is 0 Å². The molecule has 0 radical (unpaired) electrons. The van der Waals surface area contributed by atoms with Gasteiger partial charge in [-0.05, 0) is 52.4 Å². The van der Waals surface area contributed by atoms with E-state index in [9.17, 15) is 43.6 Å². The van der Waals surface area contributed by atoms with Gasteiger partial charge in [-0.15, -0.1) is 0 Å². The van der Waals surface area contributed by atoms with Crippen LogP contribution in [-0.4, -0.2) is 184 Å². The number of nitrogens with one attached hydrogen (secondary N) is 3. The van der Waals surface area contributed by atoms with Crippen molar-refractivity contribution >= 4 is 65.1 Å². The molecule has 2 fully saturated rings. The number of nitrogens with zero attached hydrogens (tertiary/aromatic N) is 3. The molecule has 6 amide bonds. The zero-order valence-electron chi connectivity index (χ0n) is 44.0. The summed E-state index contributed by atoms with van der Waals surface area (Å²) in [6, 6.07) is -3.36. The third-order valence-electron chi connectivity index (χ3n) is 10.6. The molecular weight excluding hydrogens is 1030 g/mol. The van der Waals surface area contributed by atoms with Gasteiger partial charge in [-0.3, -0.25) is 28.8 Å². The van der Waals surface area contributed by atoms with Crippen molar-refractivity contribution in [1.29, 1.82) is 0 Å². The van der Waals surface area contributed by atoms with Crippen LogP contribution in [0.4, 0.5) is 0 Å². The molecule has 2 saturated heterocycles. The molecule has 4 atom stereocenters. The van der Waals surface area contributed by atoms with E-state index < -0.39 is 92.8 Å². The maximum Gasteiger partial charge on any atom is 0.0269 e. The molecule has 6 N–H and O–H groups in total. The third kappa shape index (κ3) is 28.0. The smallest absolute Gasteiger partial charge is 0.0269 e. The van der Waals surface area contributed by atoms with E-state index in [2.05, 4.69) is 16.0 Å². The van der Waals surface area contributed by atoms with Crippen molar-refractivity contribution < 1.29 is 67.2 Å². The van der Waals surface area contributed by atoms with Crippen LogP contribution in [0.2, 0.25) is 0 Å². The Hall–Kier alpha value is -3.39. The summed E-state index contributed by atoms with van der Waals surface area (Å²) in [5.74, 6) is -3.45. The molecule has 70 heavy (non-hydrogen) atoms. The minimum absolute atomic E-state index is 0.00503. The van der Waals surface area contributed by atoms with Gasteiger partial charge in [0.15, 0.2) is 0 Å². The van der Waals surface area contributed by atoms with Gasteiger partial charge in [0.2, 0.25) is 35.4 Å². The summed E-state index contributed by atoms with van der Waals surface area (Å²) in [6.45, 7) is 22.3. The van der Waals surface area contributed by atoms with E-state index in [-0.39, 0.29) is 53.9 Å². The average molecular weight is 1120 g/mol. The summed E-state index contributed by atoms with van der Waals surface area (Å²) in [4.78, 5) is 104. The number of nitrogens with two attached hydrogens (primary N) is 1. The number of ether oxygens (including phenoxy) is 5. The summed E-state index contributed by atoms with van der Waals surface area (Å²) in [7, 11) is 0. The van der Waals surface area contributed by atoms with E-state index in [1.165, 1.54) is 20.0 Å². The number of ketones is 1. The molecule has 4 unspecified atom stereocenters. The number of hydroxylamine groups is 1. The SMILES string of the molecule is CC.CC.CC(=O)CCC(C(=O)NCC(=O)N1CCCC1C(N)=O)N(C(=O)CNC(=O)C(CC(C)C)NC(=O)CCOCCOCCOCCCCCOCCOCCN(O)I1CC(C)C1=O)C(C)C. The van der Waals surface area contributed by atoms with Crippen molar-refractivity contribution in [2.45, 2.75) is 151 Å². The normalized spacial score (nSPS) is 16.6. The number of alkyl halides is 1. The minimum atomic E-state index is -1.99. The van der Waals surface area contributed by atoms with Gasteiger partial charge in [-0.25, -0.2) is 0 Å². The fraction of sp³-hybridized carbons (Fsp3) is 0.833. The van der Waals surface area contributed by atoms with Gasteiger partial charge in [0.05, 0.1) is 46.1 Å². The van der Waals surface area contributed by atoms with Crippen LogP contribution in [0.1, 0.15) is 127 Å². The van der Waals surface area contributed by atoms with Gasteiger partial charge in [-0.1, -0.05) is 41.5 Å². The quantitative estimate of drug-likeness (QED) is 0.0149. The number of carbonyl (C=O) groups is 8. The molecule has 2 rings (SSSR count). The molecule has 2 aliphatic rings. The first-order valence-electron chi connectivity index (χ1n) is 25.2. The topological polar surface area (TPSA) is 275 Å². The second kappa shape index (κ2) is 40.1. The van der Waals surface area contributed by atoms with Crippen LogP contribution in [0.5, 0.6) is 0 Å². The number of hydrogen-bond donors (Lipinski definition) is 5. The van der Waals surface area contributed by atoms with Crippen molar-refractivity contribution in [2.75, 3.05) is 96.7 Å². The van der Waals surface area contributed by atoms with Gasteiger partial charge in [0, 0.05) is 25.4 Å². The Labute approximate surface area is 425 Å². The summed E-state index contributed by atoms with van der Waals surface area (Å²) in [5, 5.41) is 17.9. The maximum absolute atomic E-state index is 13.6. The number of halogens is 1. The van der Waals surface area contributed by atoms with Gasteiger partial charge in [0.1, 0.15) is 23.9 Å². The van der Waals surface area contributed by atoms with Crippen molar-refractivity contribution in [3.63, 3.8) is 0 Å². The molecule has 2 aliphatic heterocycles. The number of likely N-dealkylation sites (tertiary alicyclic amines) is 1. The molecule has 0 aromatic carbocycles. The van der Waals surface area contributed by atoms with Gasteiger partial charge >= 0.3 is 123 Å². The molecule has 0 bridgehead atoms. The van der Waals surface area contributed by atoms with Gasteiger partial charge < -0.3 is 50.5 Å². The van der Waals surface area contributed by atoms with Gasteiger partial charge in [0.25, 0.3) is 0 Å². The Morgan fingerprint density at radius 2 is 1.31 bits per heavy atom. The Bertz CT molecular complexity index is 1540. The summed E-state index contributed by atoms with van der Waals surface area (Å²) in [5.41, 5.74) is 5.43. The van der Waals surface area contributed by atoms with E-state index in [4.69, 9.17) is 29.4 Å². The zero-order valence-corrected chi connectivity index (χ0v) is 46.1. The zero-order chi connectivity index (χ0) is 53.0. The Kier molecular flexibility index (Phi) is 38.2. The molecule has 22 heteroatoms. The fourth-order valence-corrected chi connectivity index (χ4v) is 11.7. The first-order chi connectivity index (χ1) is 33.4. The first kappa shape index (κ1) is 66.6. The molecule has 0 aromatic heterocycles. The maximum atomic E-state index is 13.6. The van der Waals surface area contributed by atoms with Crippen LogP contribution in [0.15, 0.2) is 0 Å². The second-order valence-electron chi connectivity index (χ2n) is 17.1. The number of amides is 6. The number of rotatable bonds is 37. The predicted octanol–water partition coefficient (Wildman–Crippen LogP) is 3.19. The molecule has 408 valence electrons. The Morgan fingerprint density at radius 1 is 0.771 bits per heavy atom. The second-order valence-corrected chi connectivity index (χ2v) is 22.1. The number of Topliss-reactive ketones (excluding diaryl/α,β-unsaturated/α-hetero) is 1. The van der Waals surface area contributed by atoms with Crippen LogP contribution in [-0.2, 0) is 62.0 Å². The largest absolute Gasteiger partial charge is 0.0448 e. The first-order valence-corrected chi connectivity index (χ1v) is 28.8. The number of carbonyl (C=O) groups excluding carboxylic acids is 8. The van der Waals surface area contributed by atoms with Crippen LogP contribution >= 0.6 is 20.1 Å². The molecule has 21 nitrogen and oxygen atoms in total. The van der Waals surface area contributed by atoms with E-state index in [1.807, 2.05) is 48.5 Å². The average Bonchev–Trinajstić information content (AvgIpc) is 3.84. The summed E-state index contributed by atoms with van der Waals surface area (Å²) < 4.78 is 30.1. The monoisotopic (exact) mass is 1120 g/mol. The van der Waals surface area contributed by atoms with E-state index >= 15 is 0 Å². The molecule has 0 spiro atoms. The number of unbranched alkanes of at least 4 members (excludes halogenated alkanes) is 2. The third-order valence-corrected chi connectivity index (χ3v) is 16.9. The number of primary amides is 1. The Balaban J connectivity index is 0.0000116. The van der Waals surface area contributed by atoms with E-state index in [0.717, 1.165) is 23.7 Å². The van der Waals surface area contributed by atoms with E-state index in [0.29, 0.717) is 85.2 Å². The summed E-state index contributed by atoms with van der Waals surface area (Å²) >= 11 is -1.99.